The van der Waals surface area contributed by atoms with Crippen LogP contribution in [0.4, 0.5) is 4.79 Å². The molecule has 182 valence electrons. The van der Waals surface area contributed by atoms with Crippen molar-refractivity contribution in [2.45, 2.75) is 70.5 Å². The van der Waals surface area contributed by atoms with Gasteiger partial charge in [-0.25, -0.2) is 4.79 Å². The van der Waals surface area contributed by atoms with Gasteiger partial charge in [-0.1, -0.05) is 42.1 Å². The van der Waals surface area contributed by atoms with Crippen LogP contribution in [0.1, 0.15) is 46.6 Å². The molecule has 0 unspecified atom stereocenters. The normalized spacial score (nSPS) is 13.7. The number of carboxylic acids is 1. The van der Waals surface area contributed by atoms with Gasteiger partial charge < -0.3 is 25.8 Å². The zero-order chi connectivity index (χ0) is 25.2. The molecule has 1 aromatic carbocycles. The number of amides is 3. The first kappa shape index (κ1) is 28.0. The average molecular weight is 482 g/mol. The molecule has 4 N–H and O–H groups in total. The molecule has 11 heteroatoms. The van der Waals surface area contributed by atoms with Gasteiger partial charge in [-0.2, -0.15) is 0 Å². The smallest absolute Gasteiger partial charge is 0.408 e. The minimum atomic E-state index is -1.26. The summed E-state index contributed by atoms with van der Waals surface area (Å²) in [5.74, 6) is -2.30. The Labute approximate surface area is 197 Å². The summed E-state index contributed by atoms with van der Waals surface area (Å²) >= 11 is 0.898. The summed E-state index contributed by atoms with van der Waals surface area (Å²) in [6, 6.07) is 5.80. The fourth-order valence-electron chi connectivity index (χ4n) is 2.45. The second kappa shape index (κ2) is 12.8. The molecule has 33 heavy (non-hydrogen) atoms. The Bertz CT molecular complexity index is 855. The number of thioether (sulfide) groups is 1. The van der Waals surface area contributed by atoms with E-state index in [-0.39, 0.29) is 0 Å². The maximum atomic E-state index is 12.5. The highest BCUT2D eigenvalue weighted by atomic mass is 32.2. The van der Waals surface area contributed by atoms with Gasteiger partial charge in [0.25, 0.3) is 0 Å². The fraction of sp³-hybridized carbons (Fsp3) is 0.500. The van der Waals surface area contributed by atoms with Gasteiger partial charge in [0, 0.05) is 5.75 Å². The molecule has 0 fully saturated rings. The molecule has 0 aliphatic rings. The first-order chi connectivity index (χ1) is 15.3. The van der Waals surface area contributed by atoms with Gasteiger partial charge in [0.15, 0.2) is 0 Å². The Balaban J connectivity index is 2.64. The molecule has 10 nitrogen and oxygen atoms in total. The van der Waals surface area contributed by atoms with Gasteiger partial charge in [-0.15, -0.1) is 0 Å². The number of nitrogens with one attached hydrogen (secondary N) is 3. The van der Waals surface area contributed by atoms with E-state index in [1.165, 1.54) is 13.8 Å². The molecule has 1 aromatic rings. The molecule has 0 saturated carbocycles. The Hall–Kier alpha value is -3.08. The Kier molecular flexibility index (Phi) is 10.9. The van der Waals surface area contributed by atoms with E-state index in [4.69, 9.17) is 9.84 Å². The third kappa shape index (κ3) is 11.4. The zero-order valence-corrected chi connectivity index (χ0v) is 20.2. The van der Waals surface area contributed by atoms with Crippen LogP contribution in [0.3, 0.4) is 0 Å². The molecule has 0 aromatic heterocycles. The van der Waals surface area contributed by atoms with Crippen LogP contribution in [0.2, 0.25) is 0 Å². The predicted octanol–water partition coefficient (Wildman–Crippen LogP) is 1.82. The number of hydrogen-bond acceptors (Lipinski definition) is 7. The quantitative estimate of drug-likeness (QED) is 0.395. The number of ether oxygens (including phenoxy) is 1. The largest absolute Gasteiger partial charge is 0.481 e. The molecule has 0 spiro atoms. The van der Waals surface area contributed by atoms with Crippen molar-refractivity contribution in [2.75, 3.05) is 0 Å². The summed E-state index contributed by atoms with van der Waals surface area (Å²) in [7, 11) is 0. The SMILES string of the molecule is C[C@H](NC(=O)OC(C)(C)C)C(=O)N[C@@H](C)C(=O)N[C@@H](CC(=O)O)C(=O)SCc1ccccc1. The van der Waals surface area contributed by atoms with Gasteiger partial charge >= 0.3 is 12.1 Å². The van der Waals surface area contributed by atoms with Crippen molar-refractivity contribution < 1.29 is 33.8 Å². The van der Waals surface area contributed by atoms with Crippen molar-refractivity contribution in [3.8, 4) is 0 Å². The van der Waals surface area contributed by atoms with E-state index in [2.05, 4.69) is 16.0 Å². The predicted molar refractivity (Wildman–Crippen MR) is 123 cm³/mol. The summed E-state index contributed by atoms with van der Waals surface area (Å²) in [5.41, 5.74) is 0.140. The molecule has 3 amide bonds. The number of carbonyl (C=O) groups excluding carboxylic acids is 4. The molecule has 0 radical (unpaired) electrons. The van der Waals surface area contributed by atoms with Crippen molar-refractivity contribution in [1.29, 1.82) is 0 Å². The van der Waals surface area contributed by atoms with Gasteiger partial charge in [-0.05, 0) is 40.2 Å². The van der Waals surface area contributed by atoms with Gasteiger partial charge in [0.2, 0.25) is 16.9 Å². The van der Waals surface area contributed by atoms with Crippen LogP contribution in [0.5, 0.6) is 0 Å². The molecule has 3 atom stereocenters. The number of carboxylic acid groups (broad SMARTS) is 1. The van der Waals surface area contributed by atoms with Crippen LogP contribution >= 0.6 is 11.8 Å². The lowest BCUT2D eigenvalue weighted by Crippen LogP contribution is -2.54. The van der Waals surface area contributed by atoms with Gasteiger partial charge in [0.1, 0.15) is 23.7 Å². The first-order valence-corrected chi connectivity index (χ1v) is 11.3. The van der Waals surface area contributed by atoms with E-state index < -0.39 is 59.1 Å². The monoisotopic (exact) mass is 481 g/mol. The maximum Gasteiger partial charge on any atom is 0.408 e. The Morgan fingerprint density at radius 2 is 1.48 bits per heavy atom. The van der Waals surface area contributed by atoms with Gasteiger partial charge in [0.05, 0.1) is 6.42 Å². The lowest BCUT2D eigenvalue weighted by atomic mass is 10.2. The van der Waals surface area contributed by atoms with Crippen LogP contribution in [0.15, 0.2) is 30.3 Å². The Morgan fingerprint density at radius 3 is 2.03 bits per heavy atom. The molecule has 0 heterocycles. The number of hydrogen-bond donors (Lipinski definition) is 4. The van der Waals surface area contributed by atoms with E-state index in [0.717, 1.165) is 17.3 Å². The van der Waals surface area contributed by atoms with E-state index in [0.29, 0.717) is 5.75 Å². The number of carbonyl (C=O) groups is 5. The highest BCUT2D eigenvalue weighted by Crippen LogP contribution is 2.16. The van der Waals surface area contributed by atoms with Crippen LogP contribution in [0.25, 0.3) is 0 Å². The van der Waals surface area contributed by atoms with Crippen molar-refractivity contribution >= 4 is 40.8 Å². The average Bonchev–Trinajstić information content (AvgIpc) is 2.70. The fourth-order valence-corrected chi connectivity index (χ4v) is 3.29. The van der Waals surface area contributed by atoms with Crippen LogP contribution in [-0.2, 0) is 29.7 Å². The van der Waals surface area contributed by atoms with Crippen molar-refractivity contribution in [2.24, 2.45) is 0 Å². The van der Waals surface area contributed by atoms with Crippen molar-refractivity contribution in [3.63, 3.8) is 0 Å². The summed E-state index contributed by atoms with van der Waals surface area (Å²) < 4.78 is 5.08. The standard InChI is InChI=1S/C22H31N3O7S/c1-13(23-18(28)14(2)24-21(31)32-22(3,4)5)19(29)25-16(11-17(26)27)20(30)33-12-15-9-7-6-8-10-15/h6-10,13-14,16H,11-12H2,1-5H3,(H,23,28)(H,24,31)(H,25,29)(H,26,27)/t13-,14-,16-/m0/s1. The number of alkyl carbamates (subject to hydrolysis) is 1. The Morgan fingerprint density at radius 1 is 0.939 bits per heavy atom. The third-order valence-electron chi connectivity index (χ3n) is 4.08. The molecule has 1 rings (SSSR count). The highest BCUT2D eigenvalue weighted by Gasteiger charge is 2.28. The summed E-state index contributed by atoms with van der Waals surface area (Å²) in [6.45, 7) is 7.83. The molecule has 0 saturated heterocycles. The second-order valence-corrected chi connectivity index (χ2v) is 9.33. The molecular formula is C22H31N3O7S. The summed E-state index contributed by atoms with van der Waals surface area (Å²) in [5, 5.41) is 15.8. The van der Waals surface area contributed by atoms with Crippen LogP contribution < -0.4 is 16.0 Å². The first-order valence-electron chi connectivity index (χ1n) is 10.3. The molecule has 0 bridgehead atoms. The van der Waals surface area contributed by atoms with Crippen molar-refractivity contribution in [3.05, 3.63) is 35.9 Å². The summed E-state index contributed by atoms with van der Waals surface area (Å²) in [4.78, 5) is 60.3. The van der Waals surface area contributed by atoms with Crippen LogP contribution in [0, 0.1) is 0 Å². The van der Waals surface area contributed by atoms with Crippen LogP contribution in [-0.4, -0.2) is 57.8 Å². The number of benzene rings is 1. The summed E-state index contributed by atoms with van der Waals surface area (Å²) in [6.07, 6.45) is -1.38. The maximum absolute atomic E-state index is 12.5. The molecule has 0 aliphatic heterocycles. The van der Waals surface area contributed by atoms with Gasteiger partial charge in [-0.3, -0.25) is 19.2 Å². The lowest BCUT2D eigenvalue weighted by Gasteiger charge is -2.23. The van der Waals surface area contributed by atoms with E-state index in [9.17, 15) is 24.0 Å². The van der Waals surface area contributed by atoms with E-state index in [1.807, 2.05) is 30.3 Å². The van der Waals surface area contributed by atoms with E-state index >= 15 is 0 Å². The molecule has 0 aliphatic carbocycles. The topological polar surface area (TPSA) is 151 Å². The zero-order valence-electron chi connectivity index (χ0n) is 19.3. The second-order valence-electron chi connectivity index (χ2n) is 8.35. The minimum Gasteiger partial charge on any atom is -0.481 e. The molecular weight excluding hydrogens is 450 g/mol. The number of aliphatic carboxylic acids is 1. The lowest BCUT2D eigenvalue weighted by molar-refractivity contribution is -0.139. The van der Waals surface area contributed by atoms with E-state index in [1.54, 1.807) is 20.8 Å². The third-order valence-corrected chi connectivity index (χ3v) is 5.13. The van der Waals surface area contributed by atoms with Crippen molar-refractivity contribution in [1.82, 2.24) is 16.0 Å². The highest BCUT2D eigenvalue weighted by molar-refractivity contribution is 8.13. The number of rotatable bonds is 10. The minimum absolute atomic E-state index is 0.325.